The van der Waals surface area contributed by atoms with E-state index < -0.39 is 53.5 Å². The van der Waals surface area contributed by atoms with Crippen LogP contribution in [0.2, 0.25) is 0 Å². The summed E-state index contributed by atoms with van der Waals surface area (Å²) >= 11 is 0. The molecule has 0 unspecified atom stereocenters. The fourth-order valence-corrected chi connectivity index (χ4v) is 3.79. The maximum absolute atomic E-state index is 13.7. The molecule has 174 valence electrons. The fourth-order valence-electron chi connectivity index (χ4n) is 3.79. The third-order valence-corrected chi connectivity index (χ3v) is 5.45. The molecule has 1 heterocycles. The van der Waals surface area contributed by atoms with Gasteiger partial charge >= 0.3 is 0 Å². The van der Waals surface area contributed by atoms with E-state index in [1.165, 1.54) is 18.9 Å². The lowest BCUT2D eigenvalue weighted by Crippen LogP contribution is -2.58. The number of likely N-dealkylation sites (N-methyl/N-ethyl adjacent to an activating group) is 1. The number of nitrogens with two attached hydrogens (primary N) is 1. The van der Waals surface area contributed by atoms with Crippen molar-refractivity contribution in [2.24, 2.45) is 5.73 Å². The molecular formula is C24H25F2N3O4. The fraction of sp³-hybridized carbons (Fsp3) is 0.292. The van der Waals surface area contributed by atoms with Crippen molar-refractivity contribution < 1.29 is 28.3 Å². The molecule has 0 fully saturated rings. The predicted octanol–water partition coefficient (Wildman–Crippen LogP) is 1.88. The van der Waals surface area contributed by atoms with Crippen molar-refractivity contribution >= 4 is 17.7 Å². The Kier molecular flexibility index (Phi) is 7.35. The first-order valence-electron chi connectivity index (χ1n) is 10.3. The van der Waals surface area contributed by atoms with E-state index in [1.54, 1.807) is 42.5 Å². The lowest BCUT2D eigenvalue weighted by Gasteiger charge is -2.36. The Morgan fingerprint density at radius 2 is 1.73 bits per heavy atom. The van der Waals surface area contributed by atoms with Gasteiger partial charge in [0.15, 0.2) is 6.10 Å². The smallest absolute Gasteiger partial charge is 0.263 e. The highest BCUT2D eigenvalue weighted by atomic mass is 19.1. The van der Waals surface area contributed by atoms with E-state index in [1.807, 2.05) is 0 Å². The molecule has 4 atom stereocenters. The second-order valence-electron chi connectivity index (χ2n) is 7.97. The second-order valence-corrected chi connectivity index (χ2v) is 7.97. The number of nitrogens with zero attached hydrogens (tertiary/aromatic N) is 2. The number of carbonyl (C=O) groups excluding carboxylic acids is 3. The third-order valence-electron chi connectivity index (χ3n) is 5.45. The highest BCUT2D eigenvalue weighted by molar-refractivity contribution is 6.04. The van der Waals surface area contributed by atoms with Gasteiger partial charge in [0.05, 0.1) is 6.04 Å². The van der Waals surface area contributed by atoms with Crippen LogP contribution in [0.4, 0.5) is 8.78 Å². The molecule has 0 spiro atoms. The van der Waals surface area contributed by atoms with Gasteiger partial charge < -0.3 is 15.7 Å². The number of hydrogen-bond donors (Lipinski definition) is 2. The minimum Gasteiger partial charge on any atom is -0.378 e. The summed E-state index contributed by atoms with van der Waals surface area (Å²) < 4.78 is 27.4. The Labute approximate surface area is 190 Å². The number of halogens is 2. The molecule has 1 aliphatic rings. The highest BCUT2D eigenvalue weighted by Gasteiger charge is 2.44. The maximum atomic E-state index is 13.7. The number of benzene rings is 2. The van der Waals surface area contributed by atoms with Gasteiger partial charge in [-0.25, -0.2) is 8.78 Å². The van der Waals surface area contributed by atoms with Gasteiger partial charge in [-0.3, -0.25) is 19.3 Å². The second kappa shape index (κ2) is 10.0. The molecule has 0 aromatic heterocycles. The summed E-state index contributed by atoms with van der Waals surface area (Å²) in [7, 11) is 1.52. The Bertz CT molecular complexity index is 1050. The quantitative estimate of drug-likeness (QED) is 0.668. The minimum absolute atomic E-state index is 0.241. The van der Waals surface area contributed by atoms with Gasteiger partial charge in [0, 0.05) is 25.6 Å². The highest BCUT2D eigenvalue weighted by Crippen LogP contribution is 2.31. The number of carbonyl (C=O) groups is 3. The zero-order valence-corrected chi connectivity index (χ0v) is 18.2. The number of rotatable bonds is 5. The lowest BCUT2D eigenvalue weighted by molar-refractivity contribution is -0.160. The van der Waals surface area contributed by atoms with Gasteiger partial charge in [0.1, 0.15) is 17.7 Å². The van der Waals surface area contributed by atoms with Crippen molar-refractivity contribution in [3.63, 3.8) is 0 Å². The molecule has 9 heteroatoms. The molecule has 0 aliphatic carbocycles. The van der Waals surface area contributed by atoms with Crippen molar-refractivity contribution in [1.29, 1.82) is 0 Å². The molecule has 0 saturated heterocycles. The molecule has 3 N–H and O–H groups in total. The molecule has 3 rings (SSSR count). The first-order chi connectivity index (χ1) is 15.6. The van der Waals surface area contributed by atoms with Gasteiger partial charge in [-0.15, -0.1) is 0 Å². The summed E-state index contributed by atoms with van der Waals surface area (Å²) in [6, 6.07) is 8.40. The van der Waals surface area contributed by atoms with Gasteiger partial charge in [-0.1, -0.05) is 42.5 Å². The molecule has 1 aliphatic heterocycles. The first-order valence-corrected chi connectivity index (χ1v) is 10.3. The van der Waals surface area contributed by atoms with E-state index in [-0.39, 0.29) is 12.1 Å². The number of aliphatic hydroxyl groups excluding tert-OH is 1. The van der Waals surface area contributed by atoms with Crippen LogP contribution in [0.1, 0.15) is 30.1 Å². The van der Waals surface area contributed by atoms with Crippen LogP contribution in [-0.4, -0.2) is 58.3 Å². The molecular weight excluding hydrogens is 432 g/mol. The van der Waals surface area contributed by atoms with E-state index in [0.29, 0.717) is 16.5 Å². The summed E-state index contributed by atoms with van der Waals surface area (Å²) in [5, 5.41) is 10.7. The van der Waals surface area contributed by atoms with Crippen LogP contribution in [-0.2, 0) is 14.4 Å². The van der Waals surface area contributed by atoms with Crippen molar-refractivity contribution in [3.05, 3.63) is 83.4 Å². The monoisotopic (exact) mass is 457 g/mol. The van der Waals surface area contributed by atoms with Gasteiger partial charge in [0.2, 0.25) is 11.8 Å². The maximum Gasteiger partial charge on any atom is 0.263 e. The molecule has 3 amide bonds. The average Bonchev–Trinajstić information content (AvgIpc) is 2.92. The predicted molar refractivity (Wildman–Crippen MR) is 117 cm³/mol. The van der Waals surface area contributed by atoms with E-state index in [2.05, 4.69) is 0 Å². The number of amides is 3. The molecule has 2 aromatic carbocycles. The Hall–Kier alpha value is -3.43. The molecule has 33 heavy (non-hydrogen) atoms. The van der Waals surface area contributed by atoms with Crippen LogP contribution < -0.4 is 5.73 Å². The first kappa shape index (κ1) is 24.2. The topological polar surface area (TPSA) is 104 Å². The number of imide groups is 1. The van der Waals surface area contributed by atoms with E-state index in [4.69, 9.17) is 5.73 Å². The van der Waals surface area contributed by atoms with Crippen molar-refractivity contribution in [2.75, 3.05) is 13.6 Å². The Morgan fingerprint density at radius 1 is 1.12 bits per heavy atom. The molecule has 7 nitrogen and oxygen atoms in total. The molecule has 0 saturated carbocycles. The number of aliphatic hydroxyl groups is 1. The molecule has 0 radical (unpaired) electrons. The van der Waals surface area contributed by atoms with Gasteiger partial charge in [-0.2, -0.15) is 0 Å². The average molecular weight is 457 g/mol. The van der Waals surface area contributed by atoms with Crippen LogP contribution in [0, 0.1) is 11.6 Å². The third kappa shape index (κ3) is 5.15. The van der Waals surface area contributed by atoms with Crippen LogP contribution in [0.25, 0.3) is 0 Å². The van der Waals surface area contributed by atoms with Crippen molar-refractivity contribution in [1.82, 2.24) is 9.80 Å². The zero-order valence-electron chi connectivity index (χ0n) is 18.2. The normalized spacial score (nSPS) is 20.2. The van der Waals surface area contributed by atoms with Crippen molar-refractivity contribution in [2.45, 2.75) is 31.0 Å². The van der Waals surface area contributed by atoms with Gasteiger partial charge in [-0.05, 0) is 30.2 Å². The van der Waals surface area contributed by atoms with Crippen LogP contribution >= 0.6 is 0 Å². The summed E-state index contributed by atoms with van der Waals surface area (Å²) in [5.41, 5.74) is 6.05. The lowest BCUT2D eigenvalue weighted by atomic mass is 9.88. The largest absolute Gasteiger partial charge is 0.378 e. The zero-order chi connectivity index (χ0) is 24.3. The molecule has 2 aromatic rings. The van der Waals surface area contributed by atoms with Gasteiger partial charge in [0.25, 0.3) is 5.91 Å². The van der Waals surface area contributed by atoms with Crippen molar-refractivity contribution in [3.8, 4) is 0 Å². The summed E-state index contributed by atoms with van der Waals surface area (Å²) in [6.45, 7) is 1.58. The van der Waals surface area contributed by atoms with Crippen LogP contribution in [0.3, 0.4) is 0 Å². The molecule has 0 bridgehead atoms. The summed E-state index contributed by atoms with van der Waals surface area (Å²) in [5.74, 6) is -5.39. The van der Waals surface area contributed by atoms with E-state index >= 15 is 0 Å². The number of hydrogen-bond acceptors (Lipinski definition) is 5. The van der Waals surface area contributed by atoms with E-state index in [9.17, 15) is 28.3 Å². The Balaban J connectivity index is 2.13. The van der Waals surface area contributed by atoms with Crippen LogP contribution in [0.15, 0.2) is 60.7 Å². The minimum atomic E-state index is -2.10. The van der Waals surface area contributed by atoms with Crippen LogP contribution in [0.5, 0.6) is 0 Å². The summed E-state index contributed by atoms with van der Waals surface area (Å²) in [6.07, 6.45) is 1.36. The standard InChI is InChI=1S/C24H25F2N3O4/c1-14(27)22(31)29(24(33)21(30)16-11-17(25)13-18(26)12-16)20-19(15-7-4-3-5-8-15)9-6-10-28(2)23(20)32/h3-9,11-14,19-21,30H,10,27H2,1-2H3/t14-,19+,20-,21+/m0/s1. The van der Waals surface area contributed by atoms with E-state index in [0.717, 1.165) is 12.1 Å². The SMILES string of the molecule is C[C@H](N)C(=O)N(C(=O)[C@H](O)c1cc(F)cc(F)c1)[C@@H]1C(=O)N(C)CC=C[C@@H]1c1ccccc1. The Morgan fingerprint density at radius 3 is 2.30 bits per heavy atom. The summed E-state index contributed by atoms with van der Waals surface area (Å²) in [4.78, 5) is 41.9.